The van der Waals surface area contributed by atoms with Gasteiger partial charge in [0.05, 0.1) is 0 Å². The molecule has 1 N–H and O–H groups in total. The van der Waals surface area contributed by atoms with Gasteiger partial charge in [-0.2, -0.15) is 0 Å². The van der Waals surface area contributed by atoms with Gasteiger partial charge in [-0.05, 0) is 32.6 Å². The highest BCUT2D eigenvalue weighted by Crippen LogP contribution is 2.29. The lowest BCUT2D eigenvalue weighted by Crippen LogP contribution is -2.24. The number of fused-ring (bicyclic) bond motifs is 1. The summed E-state index contributed by atoms with van der Waals surface area (Å²) in [4.78, 5) is 36.7. The molecule has 0 aliphatic heterocycles. The normalized spacial score (nSPS) is 13.8. The zero-order chi connectivity index (χ0) is 18.9. The molecule has 2 rings (SSSR count). The minimum absolute atomic E-state index is 0.0103. The molecule has 0 heterocycles. The summed E-state index contributed by atoms with van der Waals surface area (Å²) in [6, 6.07) is 7.04. The Hall–Kier alpha value is -1.75. The summed E-state index contributed by atoms with van der Waals surface area (Å²) in [5.41, 5.74) is 2.28. The van der Waals surface area contributed by atoms with E-state index < -0.39 is 0 Å². The van der Waals surface area contributed by atoms with Crippen LogP contribution in [0.5, 0.6) is 0 Å². The Balaban J connectivity index is 1.74. The summed E-state index contributed by atoms with van der Waals surface area (Å²) in [5.74, 6) is 0.0633. The maximum absolute atomic E-state index is 12.6. The van der Waals surface area contributed by atoms with E-state index in [2.05, 4.69) is 21.2 Å². The minimum atomic E-state index is -0.0321. The maximum Gasteiger partial charge on any atom is 0.219 e. The highest BCUT2D eigenvalue weighted by Gasteiger charge is 2.28. The first-order valence-corrected chi connectivity index (χ1v) is 10.4. The molecular formula is C21H26BrNO3. The lowest BCUT2D eigenvalue weighted by Gasteiger charge is -2.18. The molecule has 1 aliphatic carbocycles. The van der Waals surface area contributed by atoms with E-state index in [0.29, 0.717) is 35.1 Å². The van der Waals surface area contributed by atoms with E-state index in [9.17, 15) is 14.4 Å². The second-order valence-electron chi connectivity index (χ2n) is 6.61. The molecule has 0 spiro atoms. The van der Waals surface area contributed by atoms with Crippen molar-refractivity contribution >= 4 is 33.4 Å². The van der Waals surface area contributed by atoms with E-state index in [0.717, 1.165) is 44.0 Å². The van der Waals surface area contributed by atoms with Crippen LogP contribution in [0.4, 0.5) is 0 Å². The van der Waals surface area contributed by atoms with Crippen molar-refractivity contribution in [1.29, 1.82) is 0 Å². The largest absolute Gasteiger partial charge is 0.356 e. The molecule has 26 heavy (non-hydrogen) atoms. The van der Waals surface area contributed by atoms with E-state index in [1.807, 2.05) is 0 Å². The third kappa shape index (κ3) is 5.37. The molecule has 1 aromatic carbocycles. The first kappa shape index (κ1) is 20.6. The molecule has 0 aromatic heterocycles. The predicted molar refractivity (Wildman–Crippen MR) is 107 cm³/mol. The fourth-order valence-electron chi connectivity index (χ4n) is 3.18. The number of hydrogen-bond acceptors (Lipinski definition) is 3. The standard InChI is InChI=1S/C21H26BrNO3/c1-15-16(21(26)18-11-7-6-10-17(18)20(15)25)9-4-2-3-5-12-19(24)23-14-8-13-22/h6-7,10-11H,2-5,8-9,12-14H2,1H3,(H,23,24). The second-order valence-corrected chi connectivity index (χ2v) is 7.41. The monoisotopic (exact) mass is 419 g/mol. The lowest BCUT2D eigenvalue weighted by atomic mass is 9.82. The number of amides is 1. The third-order valence-electron chi connectivity index (χ3n) is 4.70. The zero-order valence-electron chi connectivity index (χ0n) is 15.3. The first-order valence-electron chi connectivity index (χ1n) is 9.27. The molecule has 1 aromatic rings. The number of hydrogen-bond donors (Lipinski definition) is 1. The molecule has 0 saturated heterocycles. The lowest BCUT2D eigenvalue weighted by molar-refractivity contribution is -0.121. The molecule has 0 unspecified atom stereocenters. The smallest absolute Gasteiger partial charge is 0.219 e. The number of ketones is 2. The number of rotatable bonds is 10. The van der Waals surface area contributed by atoms with Crippen LogP contribution in [0.15, 0.2) is 35.4 Å². The fourth-order valence-corrected chi connectivity index (χ4v) is 3.46. The third-order valence-corrected chi connectivity index (χ3v) is 5.26. The first-order chi connectivity index (χ1) is 12.6. The Kier molecular flexibility index (Phi) is 8.23. The predicted octanol–water partition coefficient (Wildman–Crippen LogP) is 4.62. The van der Waals surface area contributed by atoms with E-state index in [1.54, 1.807) is 31.2 Å². The van der Waals surface area contributed by atoms with Crippen LogP contribution in [-0.2, 0) is 4.79 Å². The van der Waals surface area contributed by atoms with Gasteiger partial charge in [-0.25, -0.2) is 0 Å². The van der Waals surface area contributed by atoms with Gasteiger partial charge in [-0.1, -0.05) is 53.0 Å². The van der Waals surface area contributed by atoms with Crippen LogP contribution in [0.1, 0.15) is 72.6 Å². The van der Waals surface area contributed by atoms with Crippen LogP contribution in [0, 0.1) is 0 Å². The van der Waals surface area contributed by atoms with Crippen molar-refractivity contribution < 1.29 is 14.4 Å². The maximum atomic E-state index is 12.6. The molecule has 0 atom stereocenters. The highest BCUT2D eigenvalue weighted by molar-refractivity contribution is 9.09. The number of halogens is 1. The number of carbonyl (C=O) groups is 3. The molecule has 140 valence electrons. The van der Waals surface area contributed by atoms with Gasteiger partial charge in [0.1, 0.15) is 0 Å². The Bertz CT molecular complexity index is 709. The summed E-state index contributed by atoms with van der Waals surface area (Å²) in [5, 5.41) is 3.79. The van der Waals surface area contributed by atoms with Gasteiger partial charge in [0.25, 0.3) is 0 Å². The van der Waals surface area contributed by atoms with Gasteiger partial charge >= 0.3 is 0 Å². The van der Waals surface area contributed by atoms with E-state index in [1.165, 1.54) is 0 Å². The van der Waals surface area contributed by atoms with Crippen molar-refractivity contribution in [3.8, 4) is 0 Å². The van der Waals surface area contributed by atoms with E-state index >= 15 is 0 Å². The van der Waals surface area contributed by atoms with Gasteiger partial charge in [-0.3, -0.25) is 14.4 Å². The summed E-state index contributed by atoms with van der Waals surface area (Å²) in [6.45, 7) is 2.47. The zero-order valence-corrected chi connectivity index (χ0v) is 16.9. The van der Waals surface area contributed by atoms with E-state index in [-0.39, 0.29) is 17.5 Å². The molecule has 0 fully saturated rings. The molecule has 4 nitrogen and oxygen atoms in total. The van der Waals surface area contributed by atoms with Gasteiger partial charge in [0, 0.05) is 40.6 Å². The number of carbonyl (C=O) groups excluding carboxylic acids is 3. The Morgan fingerprint density at radius 3 is 2.31 bits per heavy atom. The number of benzene rings is 1. The quantitative estimate of drug-likeness (QED) is 0.444. The van der Waals surface area contributed by atoms with Crippen molar-refractivity contribution in [3.05, 3.63) is 46.5 Å². The highest BCUT2D eigenvalue weighted by atomic mass is 79.9. The molecule has 1 aliphatic rings. The topological polar surface area (TPSA) is 63.2 Å². The number of Topliss-reactive ketones (excluding diaryl/α,β-unsaturated/α-hetero) is 2. The van der Waals surface area contributed by atoms with Gasteiger partial charge in [0.15, 0.2) is 11.6 Å². The molecule has 0 saturated carbocycles. The van der Waals surface area contributed by atoms with Gasteiger partial charge in [-0.15, -0.1) is 0 Å². The molecular weight excluding hydrogens is 394 g/mol. The summed E-state index contributed by atoms with van der Waals surface area (Å²) in [7, 11) is 0. The Morgan fingerprint density at radius 2 is 1.62 bits per heavy atom. The molecule has 5 heteroatoms. The Morgan fingerprint density at radius 1 is 0.962 bits per heavy atom. The summed E-state index contributed by atoms with van der Waals surface area (Å²) in [6.07, 6.45) is 5.74. The average Bonchev–Trinajstić information content (AvgIpc) is 2.65. The van der Waals surface area contributed by atoms with Crippen LogP contribution in [-0.4, -0.2) is 29.3 Å². The van der Waals surface area contributed by atoms with Crippen molar-refractivity contribution in [2.75, 3.05) is 11.9 Å². The van der Waals surface area contributed by atoms with Crippen LogP contribution >= 0.6 is 15.9 Å². The fraction of sp³-hybridized carbons (Fsp3) is 0.476. The van der Waals surface area contributed by atoms with Crippen LogP contribution in [0.2, 0.25) is 0 Å². The minimum Gasteiger partial charge on any atom is -0.356 e. The van der Waals surface area contributed by atoms with Crippen LogP contribution in [0.3, 0.4) is 0 Å². The van der Waals surface area contributed by atoms with Gasteiger partial charge < -0.3 is 5.32 Å². The second kappa shape index (κ2) is 10.4. The van der Waals surface area contributed by atoms with Gasteiger partial charge in [0.2, 0.25) is 5.91 Å². The molecule has 0 bridgehead atoms. The number of allylic oxidation sites excluding steroid dienone is 2. The van der Waals surface area contributed by atoms with Crippen molar-refractivity contribution in [3.63, 3.8) is 0 Å². The summed E-state index contributed by atoms with van der Waals surface area (Å²) < 4.78 is 0. The average molecular weight is 420 g/mol. The summed E-state index contributed by atoms with van der Waals surface area (Å²) >= 11 is 3.33. The van der Waals surface area contributed by atoms with Crippen LogP contribution < -0.4 is 5.32 Å². The van der Waals surface area contributed by atoms with Crippen LogP contribution in [0.25, 0.3) is 0 Å². The van der Waals surface area contributed by atoms with Crippen molar-refractivity contribution in [2.24, 2.45) is 0 Å². The van der Waals surface area contributed by atoms with Crippen molar-refractivity contribution in [1.82, 2.24) is 5.32 Å². The van der Waals surface area contributed by atoms with Crippen molar-refractivity contribution in [2.45, 2.75) is 51.9 Å². The van der Waals surface area contributed by atoms with E-state index in [4.69, 9.17) is 0 Å². The SMILES string of the molecule is CC1=C(CCCCCCC(=O)NCCCBr)C(=O)c2ccccc2C1=O. The molecule has 0 radical (unpaired) electrons. The Labute approximate surface area is 163 Å². The number of unbranched alkanes of at least 4 members (excludes halogenated alkanes) is 3. The number of alkyl halides is 1. The number of nitrogens with one attached hydrogen (secondary N) is 1. The molecule has 1 amide bonds.